The maximum Gasteiger partial charge on any atom is 0.248 e. The molecule has 2 fully saturated rings. The number of amides is 2. The average Bonchev–Trinajstić information content (AvgIpc) is 3.55. The Morgan fingerprint density at radius 2 is 1.94 bits per heavy atom. The molecular weight excluding hydrogens is 508 g/mol. The fraction of sp³-hybridized carbons (Fsp3) is 0.500. The predicted molar refractivity (Wildman–Crippen MR) is 134 cm³/mol. The Balaban J connectivity index is 1.33. The third-order valence-electron chi connectivity index (χ3n) is 6.71. The quantitative estimate of drug-likeness (QED) is 0.494. The highest BCUT2D eigenvalue weighted by atomic mass is 32.2. The number of benzene rings is 1. The number of hydrogen-bond acceptors (Lipinski definition) is 9. The van der Waals surface area contributed by atoms with Crippen LogP contribution >= 0.6 is 23.1 Å². The summed E-state index contributed by atoms with van der Waals surface area (Å²) in [7, 11) is -3.89. The zero-order chi connectivity index (χ0) is 24.4. The number of rotatable bonds is 7. The molecule has 0 radical (unpaired) electrons. The molecular formula is C22H26N6O4S3. The van der Waals surface area contributed by atoms with Crippen LogP contribution in [0.15, 0.2) is 34.7 Å². The molecule has 13 heteroatoms. The van der Waals surface area contributed by atoms with Crippen molar-refractivity contribution in [1.29, 1.82) is 0 Å². The minimum Gasteiger partial charge on any atom is -0.328 e. The summed E-state index contributed by atoms with van der Waals surface area (Å²) in [5, 5.41) is 5.11. The first-order chi connectivity index (χ1) is 16.9. The number of fused-ring (bicyclic) bond motifs is 1. The van der Waals surface area contributed by atoms with Gasteiger partial charge in [-0.1, -0.05) is 32.1 Å². The molecule has 2 amide bonds. The summed E-state index contributed by atoms with van der Waals surface area (Å²) in [5.41, 5.74) is 1.14. The van der Waals surface area contributed by atoms with Crippen LogP contribution in [0.2, 0.25) is 0 Å². The van der Waals surface area contributed by atoms with Gasteiger partial charge in [-0.3, -0.25) is 9.59 Å². The third-order valence-corrected chi connectivity index (χ3v) is 9.79. The first-order valence-electron chi connectivity index (χ1n) is 11.6. The molecule has 1 aliphatic carbocycles. The van der Waals surface area contributed by atoms with Gasteiger partial charge in [0, 0.05) is 24.7 Å². The topological polar surface area (TPSA) is 125 Å². The van der Waals surface area contributed by atoms with Crippen LogP contribution < -0.4 is 5.32 Å². The summed E-state index contributed by atoms with van der Waals surface area (Å²) in [6.07, 6.45) is 7.72. The lowest BCUT2D eigenvalue weighted by atomic mass is 9.84. The molecule has 0 spiro atoms. The Morgan fingerprint density at radius 1 is 1.14 bits per heavy atom. The smallest absolute Gasteiger partial charge is 0.248 e. The highest BCUT2D eigenvalue weighted by Crippen LogP contribution is 2.30. The Morgan fingerprint density at radius 3 is 2.69 bits per heavy atom. The van der Waals surface area contributed by atoms with E-state index in [1.807, 2.05) is 0 Å². The monoisotopic (exact) mass is 534 g/mol. The van der Waals surface area contributed by atoms with E-state index in [-0.39, 0.29) is 36.3 Å². The SMILES string of the molecule is O=C(Nc1nccs1)[C@H](CC1CCCCC1)N1CCN(S(=O)(=O)c2ccc3nsnc3c2)CC1=O. The zero-order valence-corrected chi connectivity index (χ0v) is 21.4. The number of piperazine rings is 1. The van der Waals surface area contributed by atoms with Crippen molar-refractivity contribution in [3.05, 3.63) is 29.8 Å². The van der Waals surface area contributed by atoms with Gasteiger partial charge in [-0.2, -0.15) is 13.1 Å². The molecule has 1 N–H and O–H groups in total. The van der Waals surface area contributed by atoms with Crippen molar-refractivity contribution in [2.75, 3.05) is 25.0 Å². The molecule has 10 nitrogen and oxygen atoms in total. The van der Waals surface area contributed by atoms with Crippen molar-refractivity contribution in [1.82, 2.24) is 22.9 Å². The van der Waals surface area contributed by atoms with Crippen molar-refractivity contribution in [3.63, 3.8) is 0 Å². The largest absolute Gasteiger partial charge is 0.328 e. The van der Waals surface area contributed by atoms with E-state index >= 15 is 0 Å². The summed E-state index contributed by atoms with van der Waals surface area (Å²) in [4.78, 5) is 32.3. The van der Waals surface area contributed by atoms with Crippen molar-refractivity contribution < 1.29 is 18.0 Å². The molecule has 1 aromatic carbocycles. The van der Waals surface area contributed by atoms with Gasteiger partial charge in [0.05, 0.1) is 23.2 Å². The van der Waals surface area contributed by atoms with Gasteiger partial charge in [0.2, 0.25) is 21.8 Å². The van der Waals surface area contributed by atoms with Crippen molar-refractivity contribution >= 4 is 61.1 Å². The maximum absolute atomic E-state index is 13.3. The number of thiazole rings is 1. The predicted octanol–water partition coefficient (Wildman–Crippen LogP) is 2.96. The van der Waals surface area contributed by atoms with Gasteiger partial charge in [0.25, 0.3) is 0 Å². The van der Waals surface area contributed by atoms with Crippen LogP contribution in [0, 0.1) is 5.92 Å². The highest BCUT2D eigenvalue weighted by Gasteiger charge is 2.39. The van der Waals surface area contributed by atoms with Gasteiger partial charge in [-0.15, -0.1) is 11.3 Å². The minimum absolute atomic E-state index is 0.0826. The van der Waals surface area contributed by atoms with Gasteiger partial charge in [0.1, 0.15) is 17.1 Å². The molecule has 35 heavy (non-hydrogen) atoms. The van der Waals surface area contributed by atoms with Crippen LogP contribution in [0.4, 0.5) is 5.13 Å². The van der Waals surface area contributed by atoms with Crippen LogP contribution in [-0.4, -0.2) is 68.8 Å². The molecule has 3 aromatic rings. The minimum atomic E-state index is -3.89. The van der Waals surface area contributed by atoms with Crippen LogP contribution in [0.5, 0.6) is 0 Å². The van der Waals surface area contributed by atoms with Crippen molar-refractivity contribution in [2.45, 2.75) is 49.5 Å². The number of nitrogens with zero attached hydrogens (tertiary/aromatic N) is 5. The van der Waals surface area contributed by atoms with Gasteiger partial charge in [-0.05, 0) is 30.5 Å². The van der Waals surface area contributed by atoms with E-state index in [0.717, 1.165) is 37.4 Å². The van der Waals surface area contributed by atoms with Crippen LogP contribution in [0.25, 0.3) is 11.0 Å². The fourth-order valence-corrected chi connectivity index (χ4v) is 7.31. The second-order valence-corrected chi connectivity index (χ2v) is 12.3. The molecule has 1 saturated carbocycles. The summed E-state index contributed by atoms with van der Waals surface area (Å²) >= 11 is 2.34. The molecule has 1 aliphatic heterocycles. The number of carbonyl (C=O) groups is 2. The third kappa shape index (κ3) is 5.22. The molecule has 186 valence electrons. The highest BCUT2D eigenvalue weighted by molar-refractivity contribution is 7.89. The first kappa shape index (κ1) is 24.2. The van der Waals surface area contributed by atoms with Gasteiger partial charge < -0.3 is 10.2 Å². The van der Waals surface area contributed by atoms with E-state index in [0.29, 0.717) is 28.5 Å². The molecule has 2 aliphatic rings. The second-order valence-electron chi connectivity index (χ2n) is 8.92. The molecule has 1 saturated heterocycles. The van der Waals surface area contributed by atoms with Crippen molar-refractivity contribution in [3.8, 4) is 0 Å². The van der Waals surface area contributed by atoms with E-state index in [2.05, 4.69) is 19.0 Å². The molecule has 3 heterocycles. The normalized spacial score (nSPS) is 19.2. The van der Waals surface area contributed by atoms with Gasteiger partial charge >= 0.3 is 0 Å². The standard InChI is InChI=1S/C22H26N6O4S3/c29-20-14-27(35(31,32)16-6-7-17-18(13-16)26-34-25-17)9-10-28(20)19(12-15-4-2-1-3-5-15)21(30)24-22-23-8-11-33-22/h6-8,11,13,15,19H,1-5,9-10,12,14H2,(H,23,24,30)/t19-/m0/s1. The number of aromatic nitrogens is 3. The van der Waals surface area contributed by atoms with E-state index in [1.165, 1.54) is 34.2 Å². The number of hydrogen-bond donors (Lipinski definition) is 1. The molecule has 2 aromatic heterocycles. The summed E-state index contributed by atoms with van der Waals surface area (Å²) < 4.78 is 35.9. The Hall–Kier alpha value is -2.48. The Kier molecular flexibility index (Phi) is 7.09. The number of sulfonamides is 1. The van der Waals surface area contributed by atoms with E-state index in [9.17, 15) is 18.0 Å². The van der Waals surface area contributed by atoms with Crippen LogP contribution in [0.1, 0.15) is 38.5 Å². The van der Waals surface area contributed by atoms with Gasteiger partial charge in [-0.25, -0.2) is 13.4 Å². The lowest BCUT2D eigenvalue weighted by Crippen LogP contribution is -2.58. The molecule has 5 rings (SSSR count). The first-order valence-corrected chi connectivity index (χ1v) is 14.7. The molecule has 1 atom stereocenters. The van der Waals surface area contributed by atoms with Crippen molar-refractivity contribution in [2.24, 2.45) is 5.92 Å². The van der Waals surface area contributed by atoms with E-state index in [4.69, 9.17) is 0 Å². The van der Waals surface area contributed by atoms with Crippen LogP contribution in [-0.2, 0) is 19.6 Å². The summed E-state index contributed by atoms with van der Waals surface area (Å²) in [6.45, 7) is -0.0320. The van der Waals surface area contributed by atoms with E-state index < -0.39 is 16.1 Å². The lowest BCUT2D eigenvalue weighted by Gasteiger charge is -2.39. The summed E-state index contributed by atoms with van der Waals surface area (Å²) in [6, 6.07) is 3.94. The Labute approximate surface area is 211 Å². The lowest BCUT2D eigenvalue weighted by molar-refractivity contribution is -0.142. The zero-order valence-electron chi connectivity index (χ0n) is 19.0. The second kappa shape index (κ2) is 10.2. The fourth-order valence-electron chi connectivity index (χ4n) is 4.86. The molecule has 0 bridgehead atoms. The number of anilines is 1. The number of nitrogens with one attached hydrogen (secondary N) is 1. The van der Waals surface area contributed by atoms with E-state index in [1.54, 1.807) is 22.5 Å². The Bertz CT molecular complexity index is 1300. The summed E-state index contributed by atoms with van der Waals surface area (Å²) in [5.74, 6) is -0.271. The molecule has 0 unspecified atom stereocenters. The van der Waals surface area contributed by atoms with Gasteiger partial charge in [0.15, 0.2) is 5.13 Å². The maximum atomic E-state index is 13.3. The van der Waals surface area contributed by atoms with Crippen LogP contribution in [0.3, 0.4) is 0 Å². The number of carbonyl (C=O) groups excluding carboxylic acids is 2. The average molecular weight is 535 g/mol.